The van der Waals surface area contributed by atoms with E-state index in [1.165, 1.54) is 0 Å². The number of carboxylic acids is 1. The number of phenols is 1. The molecule has 0 radical (unpaired) electrons. The number of hydrogen-bond donors (Lipinski definition) is 4. The molecule has 2 amide bonds. The van der Waals surface area contributed by atoms with Crippen molar-refractivity contribution in [2.45, 2.75) is 32.0 Å². The number of amides is 2. The maximum atomic E-state index is 13.5. The topological polar surface area (TPSA) is 133 Å². The number of nitrogens with zero attached hydrogens (tertiary/aromatic N) is 1. The van der Waals surface area contributed by atoms with E-state index in [1.807, 2.05) is 77.7 Å². The van der Waals surface area contributed by atoms with Gasteiger partial charge in [0.2, 0.25) is 5.91 Å². The third-order valence-corrected chi connectivity index (χ3v) is 7.36. The number of carbonyl (C=O) groups is 3. The second-order valence-electron chi connectivity index (χ2n) is 10.5. The summed E-state index contributed by atoms with van der Waals surface area (Å²) in [7, 11) is 0. The van der Waals surface area contributed by atoms with Gasteiger partial charge in [-0.3, -0.25) is 9.59 Å². The number of nitrogens with two attached hydrogens (primary N) is 1. The largest absolute Gasteiger partial charge is 0.508 e. The molecule has 4 aromatic rings. The Morgan fingerprint density at radius 1 is 0.830 bits per heavy atom. The van der Waals surface area contributed by atoms with Crippen molar-refractivity contribution < 1.29 is 37.8 Å². The molecule has 47 heavy (non-hydrogen) atoms. The molecule has 0 saturated carbocycles. The van der Waals surface area contributed by atoms with E-state index in [1.54, 1.807) is 18.2 Å². The first-order chi connectivity index (χ1) is 22.3. The number of halogens is 4. The Hall–Kier alpha value is -4.68. The molecular formula is C35H35BrF3N3O5. The van der Waals surface area contributed by atoms with Crippen LogP contribution >= 0.6 is 15.9 Å². The minimum absolute atomic E-state index is 0.0402. The van der Waals surface area contributed by atoms with Crippen molar-refractivity contribution in [3.63, 3.8) is 0 Å². The molecule has 0 spiro atoms. The molecule has 0 aliphatic heterocycles. The fourth-order valence-electron chi connectivity index (χ4n) is 4.47. The summed E-state index contributed by atoms with van der Waals surface area (Å²) in [5.74, 6) is -2.61. The fraction of sp³-hybridized carbons (Fsp3) is 0.229. The van der Waals surface area contributed by atoms with Gasteiger partial charge in [0.1, 0.15) is 5.75 Å². The Kier molecular flexibility index (Phi) is 14.0. The molecule has 0 aliphatic carbocycles. The van der Waals surface area contributed by atoms with Crippen LogP contribution in [0.3, 0.4) is 0 Å². The summed E-state index contributed by atoms with van der Waals surface area (Å²) in [6.07, 6.45) is -3.38. The summed E-state index contributed by atoms with van der Waals surface area (Å²) in [6.45, 7) is 2.08. The lowest BCUT2D eigenvalue weighted by atomic mass is 10.0. The van der Waals surface area contributed by atoms with Crippen LogP contribution in [0.4, 0.5) is 13.2 Å². The van der Waals surface area contributed by atoms with Crippen LogP contribution in [0, 0.1) is 0 Å². The predicted octanol–water partition coefficient (Wildman–Crippen LogP) is 6.35. The number of benzene rings is 4. The Morgan fingerprint density at radius 2 is 1.45 bits per heavy atom. The van der Waals surface area contributed by atoms with E-state index in [2.05, 4.69) is 27.3 Å². The minimum Gasteiger partial charge on any atom is -0.508 e. The molecular weight excluding hydrogens is 679 g/mol. The first kappa shape index (κ1) is 36.8. The van der Waals surface area contributed by atoms with Crippen LogP contribution < -0.4 is 11.1 Å². The molecule has 4 aromatic carbocycles. The van der Waals surface area contributed by atoms with Gasteiger partial charge in [-0.15, -0.1) is 0 Å². The quantitative estimate of drug-likeness (QED) is 0.127. The smallest absolute Gasteiger partial charge is 0.490 e. The van der Waals surface area contributed by atoms with Crippen molar-refractivity contribution in [2.24, 2.45) is 5.73 Å². The molecule has 4 rings (SSSR count). The lowest BCUT2D eigenvalue weighted by molar-refractivity contribution is -0.192. The van der Waals surface area contributed by atoms with E-state index < -0.39 is 12.1 Å². The Balaban J connectivity index is 0.000000771. The average molecular weight is 715 g/mol. The summed E-state index contributed by atoms with van der Waals surface area (Å²) in [5.41, 5.74) is 11.0. The third kappa shape index (κ3) is 12.6. The average Bonchev–Trinajstić information content (AvgIpc) is 3.04. The number of carbonyl (C=O) groups excluding carboxylic acids is 2. The van der Waals surface area contributed by atoms with Gasteiger partial charge in [0.05, 0.1) is 6.42 Å². The van der Waals surface area contributed by atoms with Gasteiger partial charge in [-0.1, -0.05) is 70.5 Å². The SMILES string of the molecule is NCCCNC(=O)c1cccc(-c2cccc(CN(CCc3ccc(O)cc3)C(=O)Cc3cccc(Br)c3)c2)c1.O=C(O)C(F)(F)F. The second-order valence-corrected chi connectivity index (χ2v) is 11.4. The monoisotopic (exact) mass is 713 g/mol. The van der Waals surface area contributed by atoms with Crippen LogP contribution in [0.1, 0.15) is 33.5 Å². The summed E-state index contributed by atoms with van der Waals surface area (Å²) < 4.78 is 32.7. The zero-order chi connectivity index (χ0) is 34.4. The standard InChI is InChI=1S/C33H34BrN3O3.C2HF3O2/c34-30-10-2-5-25(20-30)21-32(39)37(18-15-24-11-13-31(38)14-12-24)23-26-6-1-7-27(19-26)28-8-3-9-29(22-28)33(40)36-17-4-16-35;3-2(4,5)1(6)7/h1-3,5-14,19-20,22,38H,4,15-18,21,23,35H2,(H,36,40);(H,6,7). The Labute approximate surface area is 279 Å². The number of hydrogen-bond acceptors (Lipinski definition) is 5. The van der Waals surface area contributed by atoms with Gasteiger partial charge in [-0.2, -0.15) is 13.2 Å². The maximum Gasteiger partial charge on any atom is 0.490 e. The van der Waals surface area contributed by atoms with Crippen LogP contribution in [0.2, 0.25) is 0 Å². The number of aromatic hydroxyl groups is 1. The molecule has 0 unspecified atom stereocenters. The number of rotatable bonds is 12. The molecule has 0 aromatic heterocycles. The van der Waals surface area contributed by atoms with Crippen molar-refractivity contribution in [1.82, 2.24) is 10.2 Å². The Bertz CT molecular complexity index is 1650. The zero-order valence-corrected chi connectivity index (χ0v) is 26.9. The molecule has 8 nitrogen and oxygen atoms in total. The molecule has 0 bridgehead atoms. The lowest BCUT2D eigenvalue weighted by Gasteiger charge is -2.24. The van der Waals surface area contributed by atoms with Gasteiger partial charge in [0.15, 0.2) is 0 Å². The molecule has 0 fully saturated rings. The molecule has 0 heterocycles. The third-order valence-electron chi connectivity index (χ3n) is 6.87. The first-order valence-electron chi connectivity index (χ1n) is 14.6. The maximum absolute atomic E-state index is 13.5. The Morgan fingerprint density at radius 3 is 2.09 bits per heavy atom. The summed E-state index contributed by atoms with van der Waals surface area (Å²) in [6, 6.07) is 30.5. The van der Waals surface area contributed by atoms with E-state index >= 15 is 0 Å². The fourth-order valence-corrected chi connectivity index (χ4v) is 4.91. The molecule has 12 heteroatoms. The van der Waals surface area contributed by atoms with E-state index in [-0.39, 0.29) is 17.6 Å². The van der Waals surface area contributed by atoms with Crippen molar-refractivity contribution in [2.75, 3.05) is 19.6 Å². The van der Waals surface area contributed by atoms with Crippen LogP contribution in [0.5, 0.6) is 5.75 Å². The van der Waals surface area contributed by atoms with Crippen LogP contribution in [-0.4, -0.2) is 58.7 Å². The molecule has 248 valence electrons. The van der Waals surface area contributed by atoms with E-state index in [9.17, 15) is 27.9 Å². The highest BCUT2D eigenvalue weighted by molar-refractivity contribution is 9.10. The van der Waals surface area contributed by atoms with E-state index in [4.69, 9.17) is 15.6 Å². The lowest BCUT2D eigenvalue weighted by Crippen LogP contribution is -2.33. The second kappa shape index (κ2) is 17.9. The molecule has 0 atom stereocenters. The number of alkyl halides is 3. The molecule has 5 N–H and O–H groups in total. The number of phenolic OH excluding ortho intramolecular Hbond substituents is 1. The zero-order valence-electron chi connectivity index (χ0n) is 25.3. The predicted molar refractivity (Wildman–Crippen MR) is 177 cm³/mol. The van der Waals surface area contributed by atoms with E-state index in [0.717, 1.165) is 38.7 Å². The van der Waals surface area contributed by atoms with Crippen LogP contribution in [0.25, 0.3) is 11.1 Å². The highest BCUT2D eigenvalue weighted by Crippen LogP contribution is 2.23. The highest BCUT2D eigenvalue weighted by atomic mass is 79.9. The van der Waals surface area contributed by atoms with Crippen LogP contribution in [0.15, 0.2) is 102 Å². The van der Waals surface area contributed by atoms with E-state index in [0.29, 0.717) is 44.6 Å². The van der Waals surface area contributed by atoms with Crippen molar-refractivity contribution in [1.29, 1.82) is 0 Å². The normalized spacial score (nSPS) is 10.8. The van der Waals surface area contributed by atoms with Crippen molar-refractivity contribution in [3.8, 4) is 16.9 Å². The minimum atomic E-state index is -5.08. The number of carboxylic acid groups (broad SMARTS) is 1. The van der Waals surface area contributed by atoms with Gasteiger partial charge in [0, 0.05) is 29.7 Å². The van der Waals surface area contributed by atoms with Crippen molar-refractivity contribution >= 4 is 33.7 Å². The van der Waals surface area contributed by atoms with Gasteiger partial charge in [0.25, 0.3) is 5.91 Å². The first-order valence-corrected chi connectivity index (χ1v) is 15.4. The van der Waals surface area contributed by atoms with Gasteiger partial charge >= 0.3 is 12.1 Å². The van der Waals surface area contributed by atoms with Gasteiger partial charge < -0.3 is 26.2 Å². The van der Waals surface area contributed by atoms with Crippen LogP contribution in [-0.2, 0) is 29.0 Å². The highest BCUT2D eigenvalue weighted by Gasteiger charge is 2.38. The molecule has 0 aliphatic rings. The van der Waals surface area contributed by atoms with Crippen molar-refractivity contribution in [3.05, 3.63) is 124 Å². The summed E-state index contributed by atoms with van der Waals surface area (Å²) >= 11 is 3.49. The summed E-state index contributed by atoms with van der Waals surface area (Å²) in [4.78, 5) is 36.8. The number of nitrogens with one attached hydrogen (secondary N) is 1. The number of aliphatic carboxylic acids is 1. The van der Waals surface area contributed by atoms with Gasteiger partial charge in [-0.05, 0) is 89.7 Å². The summed E-state index contributed by atoms with van der Waals surface area (Å²) in [5, 5.41) is 19.7. The van der Waals surface area contributed by atoms with Gasteiger partial charge in [-0.25, -0.2) is 4.79 Å². The molecule has 0 saturated heterocycles.